The molecule has 0 atom stereocenters. The molecule has 1 amide bonds. The number of benzene rings is 2. The lowest BCUT2D eigenvalue weighted by atomic mass is 10.1. The van der Waals surface area contributed by atoms with E-state index in [0.29, 0.717) is 24.6 Å². The number of piperazine rings is 1. The number of carbonyl (C=O) groups is 1. The highest BCUT2D eigenvalue weighted by molar-refractivity contribution is 5.86. The van der Waals surface area contributed by atoms with Crippen LogP contribution in [0.2, 0.25) is 0 Å². The quantitative estimate of drug-likeness (QED) is 0.649. The van der Waals surface area contributed by atoms with E-state index >= 15 is 0 Å². The van der Waals surface area contributed by atoms with Crippen LogP contribution < -0.4 is 14.4 Å². The summed E-state index contributed by atoms with van der Waals surface area (Å²) in [7, 11) is 1.59. The maximum atomic E-state index is 12.6. The summed E-state index contributed by atoms with van der Waals surface area (Å²) in [5, 5.41) is 1.20. The summed E-state index contributed by atoms with van der Waals surface area (Å²) < 4.78 is 11.0. The molecule has 0 saturated carbocycles. The summed E-state index contributed by atoms with van der Waals surface area (Å²) in [5.74, 6) is 2.17. The molecule has 3 aromatic rings. The molecule has 6 nitrogen and oxygen atoms in total. The highest BCUT2D eigenvalue weighted by atomic mass is 16.5. The maximum Gasteiger partial charge on any atom is 0.260 e. The van der Waals surface area contributed by atoms with Crippen molar-refractivity contribution in [2.45, 2.75) is 13.8 Å². The fourth-order valence-corrected chi connectivity index (χ4v) is 3.86. The first-order chi connectivity index (χ1) is 14.6. The van der Waals surface area contributed by atoms with Gasteiger partial charge in [0.1, 0.15) is 5.82 Å². The Hall–Kier alpha value is -3.28. The Labute approximate surface area is 177 Å². The highest BCUT2D eigenvalue weighted by Gasteiger charge is 2.23. The van der Waals surface area contributed by atoms with Crippen LogP contribution in [0.1, 0.15) is 11.1 Å². The van der Waals surface area contributed by atoms with E-state index in [2.05, 4.69) is 43.0 Å². The molecule has 1 saturated heterocycles. The van der Waals surface area contributed by atoms with Crippen LogP contribution in [-0.4, -0.2) is 55.7 Å². The van der Waals surface area contributed by atoms with Gasteiger partial charge in [-0.2, -0.15) is 0 Å². The van der Waals surface area contributed by atoms with Gasteiger partial charge in [0.15, 0.2) is 18.1 Å². The number of hydrogen-bond acceptors (Lipinski definition) is 5. The zero-order valence-corrected chi connectivity index (χ0v) is 17.7. The first-order valence-corrected chi connectivity index (χ1v) is 10.2. The summed E-state index contributed by atoms with van der Waals surface area (Å²) in [6, 6.07) is 15.8. The summed E-state index contributed by atoms with van der Waals surface area (Å²) in [6.45, 7) is 7.04. The fourth-order valence-electron chi connectivity index (χ4n) is 3.86. The Morgan fingerprint density at radius 2 is 1.70 bits per heavy atom. The van der Waals surface area contributed by atoms with Gasteiger partial charge in [-0.1, -0.05) is 30.3 Å². The minimum Gasteiger partial charge on any atom is -0.493 e. The van der Waals surface area contributed by atoms with Gasteiger partial charge in [0.2, 0.25) is 0 Å². The molecule has 1 fully saturated rings. The molecule has 1 aliphatic rings. The molecule has 2 aromatic carbocycles. The van der Waals surface area contributed by atoms with Gasteiger partial charge in [-0.25, -0.2) is 4.98 Å². The molecule has 0 N–H and O–H groups in total. The van der Waals surface area contributed by atoms with Gasteiger partial charge in [0.25, 0.3) is 5.91 Å². The van der Waals surface area contributed by atoms with Crippen LogP contribution in [-0.2, 0) is 4.79 Å². The standard InChI is InChI=1S/C24H27N3O3/c1-17-7-6-8-19-18(2)15-22(25-24(17)19)26-11-13-27(14-12-26)23(28)16-30-21-10-5-4-9-20(21)29-3/h4-10,15H,11-14,16H2,1-3H3. The third-order valence-electron chi connectivity index (χ3n) is 5.61. The Bertz CT molecular complexity index is 1060. The number of pyridine rings is 1. The van der Waals surface area contributed by atoms with Crippen molar-refractivity contribution in [1.82, 2.24) is 9.88 Å². The van der Waals surface area contributed by atoms with Crippen molar-refractivity contribution in [3.05, 3.63) is 59.7 Å². The number of fused-ring (bicyclic) bond motifs is 1. The first-order valence-electron chi connectivity index (χ1n) is 10.2. The number of methoxy groups -OCH3 is 1. The van der Waals surface area contributed by atoms with Crippen LogP contribution in [0.25, 0.3) is 10.9 Å². The molecule has 1 aliphatic heterocycles. The Kier molecular flexibility index (Phi) is 5.74. The number of aromatic nitrogens is 1. The Balaban J connectivity index is 1.38. The minimum atomic E-state index is -0.0148. The molecule has 2 heterocycles. The zero-order chi connectivity index (χ0) is 21.1. The first kappa shape index (κ1) is 20.0. The molecule has 30 heavy (non-hydrogen) atoms. The van der Waals surface area contributed by atoms with Crippen LogP contribution in [0.4, 0.5) is 5.82 Å². The van der Waals surface area contributed by atoms with Crippen molar-refractivity contribution in [3.63, 3.8) is 0 Å². The maximum absolute atomic E-state index is 12.6. The van der Waals surface area contributed by atoms with Crippen molar-refractivity contribution in [3.8, 4) is 11.5 Å². The molecular weight excluding hydrogens is 378 g/mol. The van der Waals surface area contributed by atoms with E-state index < -0.39 is 0 Å². The van der Waals surface area contributed by atoms with E-state index in [1.54, 1.807) is 13.2 Å². The smallest absolute Gasteiger partial charge is 0.260 e. The van der Waals surface area contributed by atoms with Crippen LogP contribution in [0, 0.1) is 13.8 Å². The van der Waals surface area contributed by atoms with Crippen molar-refractivity contribution in [1.29, 1.82) is 0 Å². The number of para-hydroxylation sites is 3. The summed E-state index contributed by atoms with van der Waals surface area (Å²) >= 11 is 0. The van der Waals surface area contributed by atoms with Crippen molar-refractivity contribution >= 4 is 22.6 Å². The highest BCUT2D eigenvalue weighted by Crippen LogP contribution is 2.27. The van der Waals surface area contributed by atoms with E-state index in [4.69, 9.17) is 14.5 Å². The molecule has 156 valence electrons. The number of nitrogens with zero attached hydrogens (tertiary/aromatic N) is 3. The topological polar surface area (TPSA) is 54.9 Å². The lowest BCUT2D eigenvalue weighted by molar-refractivity contribution is -0.133. The van der Waals surface area contributed by atoms with E-state index in [0.717, 1.165) is 24.4 Å². The Morgan fingerprint density at radius 1 is 0.967 bits per heavy atom. The van der Waals surface area contributed by atoms with E-state index in [1.165, 1.54) is 16.5 Å². The van der Waals surface area contributed by atoms with Gasteiger partial charge in [-0.15, -0.1) is 0 Å². The Morgan fingerprint density at radius 3 is 2.43 bits per heavy atom. The minimum absolute atomic E-state index is 0.00685. The molecule has 6 heteroatoms. The normalized spacial score (nSPS) is 14.1. The molecule has 0 unspecified atom stereocenters. The molecular formula is C24H27N3O3. The lowest BCUT2D eigenvalue weighted by Gasteiger charge is -2.35. The van der Waals surface area contributed by atoms with Crippen LogP contribution in [0.5, 0.6) is 11.5 Å². The van der Waals surface area contributed by atoms with Gasteiger partial charge >= 0.3 is 0 Å². The van der Waals surface area contributed by atoms with Gasteiger partial charge in [0, 0.05) is 31.6 Å². The van der Waals surface area contributed by atoms with Crippen molar-refractivity contribution < 1.29 is 14.3 Å². The van der Waals surface area contributed by atoms with Gasteiger partial charge < -0.3 is 19.3 Å². The van der Waals surface area contributed by atoms with Gasteiger partial charge in [-0.3, -0.25) is 4.79 Å². The predicted molar refractivity (Wildman–Crippen MR) is 118 cm³/mol. The second-order valence-electron chi connectivity index (χ2n) is 7.58. The zero-order valence-electron chi connectivity index (χ0n) is 17.7. The van der Waals surface area contributed by atoms with Gasteiger partial charge in [-0.05, 0) is 43.2 Å². The summed E-state index contributed by atoms with van der Waals surface area (Å²) in [6.07, 6.45) is 0. The third kappa shape index (κ3) is 4.03. The number of rotatable bonds is 5. The lowest BCUT2D eigenvalue weighted by Crippen LogP contribution is -2.50. The average molecular weight is 405 g/mol. The predicted octanol–water partition coefficient (Wildman–Crippen LogP) is 3.59. The molecule has 0 aliphatic carbocycles. The SMILES string of the molecule is COc1ccccc1OCC(=O)N1CCN(c2cc(C)c3cccc(C)c3n2)CC1. The number of ether oxygens (including phenoxy) is 2. The number of aryl methyl sites for hydroxylation is 2. The molecule has 1 aromatic heterocycles. The van der Waals surface area contributed by atoms with E-state index in [-0.39, 0.29) is 12.5 Å². The molecule has 0 spiro atoms. The molecule has 0 radical (unpaired) electrons. The van der Waals surface area contributed by atoms with E-state index in [1.807, 2.05) is 23.1 Å². The number of hydrogen-bond donors (Lipinski definition) is 0. The summed E-state index contributed by atoms with van der Waals surface area (Å²) in [4.78, 5) is 21.6. The molecule has 4 rings (SSSR count). The molecule has 0 bridgehead atoms. The second kappa shape index (κ2) is 8.61. The monoisotopic (exact) mass is 405 g/mol. The van der Waals surface area contributed by atoms with Crippen molar-refractivity contribution in [2.75, 3.05) is 44.8 Å². The second-order valence-corrected chi connectivity index (χ2v) is 7.58. The number of carbonyl (C=O) groups excluding carboxylic acids is 1. The van der Waals surface area contributed by atoms with Crippen molar-refractivity contribution in [2.24, 2.45) is 0 Å². The van der Waals surface area contributed by atoms with Crippen LogP contribution in [0.15, 0.2) is 48.5 Å². The fraction of sp³-hybridized carbons (Fsp3) is 0.333. The largest absolute Gasteiger partial charge is 0.493 e. The average Bonchev–Trinajstić information content (AvgIpc) is 2.78. The van der Waals surface area contributed by atoms with E-state index in [9.17, 15) is 4.79 Å². The van der Waals surface area contributed by atoms with Crippen LogP contribution in [0.3, 0.4) is 0 Å². The van der Waals surface area contributed by atoms with Crippen LogP contribution >= 0.6 is 0 Å². The number of anilines is 1. The number of amides is 1. The summed E-state index contributed by atoms with van der Waals surface area (Å²) in [5.41, 5.74) is 3.46. The van der Waals surface area contributed by atoms with Gasteiger partial charge in [0.05, 0.1) is 12.6 Å². The third-order valence-corrected chi connectivity index (χ3v) is 5.61.